The third-order valence-corrected chi connectivity index (χ3v) is 2.82. The maximum Gasteiger partial charge on any atom is 0.132 e. The van der Waals surface area contributed by atoms with Gasteiger partial charge in [0.2, 0.25) is 0 Å². The zero-order valence-electron chi connectivity index (χ0n) is 9.02. The van der Waals surface area contributed by atoms with E-state index in [1.54, 1.807) is 6.07 Å². The van der Waals surface area contributed by atoms with E-state index in [2.05, 4.69) is 4.98 Å². The van der Waals surface area contributed by atoms with Gasteiger partial charge in [-0.25, -0.2) is 4.39 Å². The van der Waals surface area contributed by atoms with Crippen LogP contribution in [-0.4, -0.2) is 11.5 Å². The lowest BCUT2D eigenvalue weighted by Gasteiger charge is -2.00. The molecule has 2 aromatic rings. The second kappa shape index (κ2) is 3.66. The molecule has 0 bridgehead atoms. The van der Waals surface area contributed by atoms with Crippen molar-refractivity contribution < 1.29 is 4.39 Å². The van der Waals surface area contributed by atoms with Crippen molar-refractivity contribution in [1.82, 2.24) is 4.98 Å². The molecular formula is C12H15FN2. The fourth-order valence-corrected chi connectivity index (χ4v) is 2.04. The minimum Gasteiger partial charge on any atom is -0.358 e. The summed E-state index contributed by atoms with van der Waals surface area (Å²) in [6.45, 7) is 4.48. The van der Waals surface area contributed by atoms with Crippen LogP contribution in [0.25, 0.3) is 10.9 Å². The summed E-state index contributed by atoms with van der Waals surface area (Å²) in [5.74, 6) is -0.164. The number of hydrogen-bond donors (Lipinski definition) is 2. The molecule has 0 saturated heterocycles. The van der Waals surface area contributed by atoms with E-state index in [0.717, 1.165) is 22.3 Å². The first-order valence-electron chi connectivity index (χ1n) is 5.11. The van der Waals surface area contributed by atoms with Crippen LogP contribution in [0.2, 0.25) is 0 Å². The highest BCUT2D eigenvalue weighted by molar-refractivity contribution is 5.87. The second-order valence-corrected chi connectivity index (χ2v) is 3.88. The van der Waals surface area contributed by atoms with E-state index in [1.807, 2.05) is 13.8 Å². The van der Waals surface area contributed by atoms with Crippen molar-refractivity contribution in [2.75, 3.05) is 6.54 Å². The molecule has 0 radical (unpaired) electrons. The molecule has 1 aromatic heterocycles. The van der Waals surface area contributed by atoms with Gasteiger partial charge in [-0.1, -0.05) is 6.07 Å². The minimum atomic E-state index is -0.164. The summed E-state index contributed by atoms with van der Waals surface area (Å²) in [6, 6.07) is 3.31. The van der Waals surface area contributed by atoms with Crippen molar-refractivity contribution in [1.29, 1.82) is 0 Å². The van der Waals surface area contributed by atoms with Gasteiger partial charge in [0.15, 0.2) is 0 Å². The number of aromatic amines is 1. The molecule has 80 valence electrons. The van der Waals surface area contributed by atoms with Gasteiger partial charge >= 0.3 is 0 Å². The fraction of sp³-hybridized carbons (Fsp3) is 0.333. The Morgan fingerprint density at radius 3 is 2.73 bits per heavy atom. The Morgan fingerprint density at radius 2 is 2.07 bits per heavy atom. The molecule has 0 fully saturated rings. The van der Waals surface area contributed by atoms with Gasteiger partial charge in [-0.05, 0) is 44.0 Å². The average molecular weight is 206 g/mol. The Bertz CT molecular complexity index is 500. The first-order chi connectivity index (χ1) is 7.15. The molecule has 2 rings (SSSR count). The van der Waals surface area contributed by atoms with Crippen LogP contribution in [0.4, 0.5) is 4.39 Å². The quantitative estimate of drug-likeness (QED) is 0.778. The number of fused-ring (bicyclic) bond motifs is 1. The van der Waals surface area contributed by atoms with Crippen molar-refractivity contribution >= 4 is 10.9 Å². The van der Waals surface area contributed by atoms with Crippen molar-refractivity contribution in [3.63, 3.8) is 0 Å². The molecule has 3 N–H and O–H groups in total. The molecule has 0 aliphatic heterocycles. The predicted molar refractivity (Wildman–Crippen MR) is 60.5 cm³/mol. The molecule has 15 heavy (non-hydrogen) atoms. The lowest BCUT2D eigenvalue weighted by atomic mass is 10.1. The Labute approximate surface area is 88.3 Å². The number of H-pyrrole nitrogens is 1. The van der Waals surface area contributed by atoms with Gasteiger partial charge in [-0.2, -0.15) is 0 Å². The summed E-state index contributed by atoms with van der Waals surface area (Å²) < 4.78 is 13.7. The number of halogens is 1. The van der Waals surface area contributed by atoms with Crippen molar-refractivity contribution in [3.8, 4) is 0 Å². The highest BCUT2D eigenvalue weighted by Crippen LogP contribution is 2.27. The zero-order chi connectivity index (χ0) is 11.0. The lowest BCUT2D eigenvalue weighted by Crippen LogP contribution is -2.03. The third kappa shape index (κ3) is 1.53. The maximum absolute atomic E-state index is 13.7. The van der Waals surface area contributed by atoms with Crippen molar-refractivity contribution in [2.45, 2.75) is 20.3 Å². The van der Waals surface area contributed by atoms with Gasteiger partial charge in [0, 0.05) is 11.1 Å². The summed E-state index contributed by atoms with van der Waals surface area (Å²) >= 11 is 0. The largest absolute Gasteiger partial charge is 0.358 e. The Morgan fingerprint density at radius 1 is 1.33 bits per heavy atom. The number of hydrogen-bond acceptors (Lipinski definition) is 1. The minimum absolute atomic E-state index is 0.164. The number of nitrogens with one attached hydrogen (secondary N) is 1. The molecule has 1 aromatic carbocycles. The normalized spacial score (nSPS) is 11.2. The molecule has 3 heteroatoms. The molecule has 0 unspecified atom stereocenters. The van der Waals surface area contributed by atoms with E-state index in [1.165, 1.54) is 6.07 Å². The van der Waals surface area contributed by atoms with Crippen LogP contribution < -0.4 is 5.73 Å². The summed E-state index contributed by atoms with van der Waals surface area (Å²) in [6.07, 6.45) is 0.714. The van der Waals surface area contributed by atoms with Crippen LogP contribution in [0.15, 0.2) is 12.1 Å². The van der Waals surface area contributed by atoms with Crippen LogP contribution in [0.5, 0.6) is 0 Å². The van der Waals surface area contributed by atoms with Crippen LogP contribution >= 0.6 is 0 Å². The van der Waals surface area contributed by atoms with Gasteiger partial charge in [-0.15, -0.1) is 0 Å². The maximum atomic E-state index is 13.7. The predicted octanol–water partition coefficient (Wildman–Crippen LogP) is 2.43. The SMILES string of the molecule is Cc1[nH]c2c(C)ccc(F)c2c1CCN. The lowest BCUT2D eigenvalue weighted by molar-refractivity contribution is 0.638. The summed E-state index contributed by atoms with van der Waals surface area (Å²) in [7, 11) is 0. The van der Waals surface area contributed by atoms with Crippen LogP contribution in [0.1, 0.15) is 16.8 Å². The number of benzene rings is 1. The van der Waals surface area contributed by atoms with Crippen LogP contribution in [-0.2, 0) is 6.42 Å². The number of nitrogens with two attached hydrogens (primary N) is 1. The van der Waals surface area contributed by atoms with Gasteiger partial charge in [0.1, 0.15) is 5.82 Å². The highest BCUT2D eigenvalue weighted by atomic mass is 19.1. The van der Waals surface area contributed by atoms with E-state index >= 15 is 0 Å². The van der Waals surface area contributed by atoms with E-state index in [9.17, 15) is 4.39 Å². The van der Waals surface area contributed by atoms with E-state index in [4.69, 9.17) is 5.73 Å². The van der Waals surface area contributed by atoms with E-state index < -0.39 is 0 Å². The molecule has 0 amide bonds. The van der Waals surface area contributed by atoms with Crippen LogP contribution in [0.3, 0.4) is 0 Å². The number of aryl methyl sites for hydroxylation is 2. The smallest absolute Gasteiger partial charge is 0.132 e. The molecule has 0 aliphatic carbocycles. The first-order valence-corrected chi connectivity index (χ1v) is 5.11. The molecule has 0 atom stereocenters. The summed E-state index contributed by atoms with van der Waals surface area (Å²) in [4.78, 5) is 3.23. The number of aromatic nitrogens is 1. The standard InChI is InChI=1S/C12H15FN2/c1-7-3-4-10(13)11-9(5-6-14)8(2)15-12(7)11/h3-4,15H,5-6,14H2,1-2H3. The molecule has 0 spiro atoms. The van der Waals surface area contributed by atoms with E-state index in [-0.39, 0.29) is 5.82 Å². The molecule has 0 aliphatic rings. The average Bonchev–Trinajstić information content (AvgIpc) is 2.53. The van der Waals surface area contributed by atoms with Crippen molar-refractivity contribution in [3.05, 3.63) is 34.8 Å². The highest BCUT2D eigenvalue weighted by Gasteiger charge is 2.13. The van der Waals surface area contributed by atoms with Gasteiger partial charge in [0.05, 0.1) is 5.52 Å². The molecule has 2 nitrogen and oxygen atoms in total. The summed E-state index contributed by atoms with van der Waals surface area (Å²) in [5.41, 5.74) is 9.52. The fourth-order valence-electron chi connectivity index (χ4n) is 2.04. The summed E-state index contributed by atoms with van der Waals surface area (Å²) in [5, 5.41) is 0.706. The van der Waals surface area contributed by atoms with E-state index in [0.29, 0.717) is 18.4 Å². The third-order valence-electron chi connectivity index (χ3n) is 2.82. The van der Waals surface area contributed by atoms with Crippen molar-refractivity contribution in [2.24, 2.45) is 5.73 Å². The molecule has 0 saturated carbocycles. The second-order valence-electron chi connectivity index (χ2n) is 3.88. The Kier molecular flexibility index (Phi) is 2.49. The monoisotopic (exact) mass is 206 g/mol. The molecular weight excluding hydrogens is 191 g/mol. The Hall–Kier alpha value is -1.35. The van der Waals surface area contributed by atoms with Gasteiger partial charge in [0.25, 0.3) is 0 Å². The topological polar surface area (TPSA) is 41.8 Å². The van der Waals surface area contributed by atoms with Gasteiger partial charge < -0.3 is 10.7 Å². The van der Waals surface area contributed by atoms with Crippen LogP contribution in [0, 0.1) is 19.7 Å². The van der Waals surface area contributed by atoms with Gasteiger partial charge in [-0.3, -0.25) is 0 Å². The zero-order valence-corrected chi connectivity index (χ0v) is 9.02. The number of rotatable bonds is 2. The Balaban J connectivity index is 2.79. The molecule has 1 heterocycles. The first kappa shape index (κ1) is 10.2.